The van der Waals surface area contributed by atoms with Crippen molar-refractivity contribution in [2.45, 2.75) is 84.0 Å². The molecule has 4 heteroatoms. The second-order valence-electron chi connectivity index (χ2n) is 6.81. The summed E-state index contributed by atoms with van der Waals surface area (Å²) in [6.07, 6.45) is 18.7. The predicted octanol–water partition coefficient (Wildman–Crippen LogP) is 6.99. The average Bonchev–Trinajstić information content (AvgIpc) is 2.66. The molecule has 1 aromatic rings. The molecule has 26 heavy (non-hydrogen) atoms. The number of benzene rings is 1. The SMILES string of the molecule is CCCCCCCCCCCCCCP.CNc1ccc(C(=O)O)cc1. The van der Waals surface area contributed by atoms with Crippen molar-refractivity contribution >= 4 is 20.9 Å². The van der Waals surface area contributed by atoms with E-state index >= 15 is 0 Å². The van der Waals surface area contributed by atoms with Crippen LogP contribution in [0.2, 0.25) is 0 Å². The fourth-order valence-electron chi connectivity index (χ4n) is 2.76. The molecule has 0 saturated carbocycles. The first kappa shape index (κ1) is 24.9. The molecule has 0 heterocycles. The molecule has 2 N–H and O–H groups in total. The Bertz CT molecular complexity index is 422. The molecule has 1 aromatic carbocycles. The van der Waals surface area contributed by atoms with E-state index in [9.17, 15) is 4.79 Å². The lowest BCUT2D eigenvalue weighted by Gasteiger charge is -2.01. The quantitative estimate of drug-likeness (QED) is 0.270. The van der Waals surface area contributed by atoms with Gasteiger partial charge in [-0.1, -0.05) is 77.6 Å². The highest BCUT2D eigenvalue weighted by Crippen LogP contribution is 2.12. The molecule has 0 saturated heterocycles. The van der Waals surface area contributed by atoms with Crippen LogP contribution in [0, 0.1) is 0 Å². The smallest absolute Gasteiger partial charge is 0.335 e. The molecule has 0 spiro atoms. The minimum Gasteiger partial charge on any atom is -0.478 e. The van der Waals surface area contributed by atoms with Crippen molar-refractivity contribution in [2.75, 3.05) is 18.5 Å². The van der Waals surface area contributed by atoms with Gasteiger partial charge >= 0.3 is 5.97 Å². The van der Waals surface area contributed by atoms with Gasteiger partial charge in [-0.3, -0.25) is 0 Å². The second kappa shape index (κ2) is 18.7. The van der Waals surface area contributed by atoms with Crippen LogP contribution >= 0.6 is 9.24 Å². The van der Waals surface area contributed by atoms with E-state index in [2.05, 4.69) is 21.5 Å². The molecule has 1 rings (SSSR count). The molecule has 0 aliphatic carbocycles. The van der Waals surface area contributed by atoms with E-state index in [1.54, 1.807) is 31.3 Å². The van der Waals surface area contributed by atoms with Crippen LogP contribution in [0.1, 0.15) is 94.3 Å². The third-order valence-corrected chi connectivity index (χ3v) is 4.89. The van der Waals surface area contributed by atoms with Crippen LogP contribution in [0.15, 0.2) is 24.3 Å². The van der Waals surface area contributed by atoms with E-state index < -0.39 is 5.97 Å². The Morgan fingerprint density at radius 2 is 1.27 bits per heavy atom. The summed E-state index contributed by atoms with van der Waals surface area (Å²) in [6, 6.07) is 6.58. The van der Waals surface area contributed by atoms with E-state index in [0.29, 0.717) is 5.56 Å². The van der Waals surface area contributed by atoms with Crippen molar-refractivity contribution in [3.8, 4) is 0 Å². The first-order valence-electron chi connectivity index (χ1n) is 10.4. The monoisotopic (exact) mass is 381 g/mol. The summed E-state index contributed by atoms with van der Waals surface area (Å²) in [5, 5.41) is 11.4. The lowest BCUT2D eigenvalue weighted by Crippen LogP contribution is -1.96. The number of carboxylic acid groups (broad SMARTS) is 1. The summed E-state index contributed by atoms with van der Waals surface area (Å²) >= 11 is 0. The number of aromatic carboxylic acids is 1. The fourth-order valence-corrected chi connectivity index (χ4v) is 3.05. The number of carboxylic acids is 1. The van der Waals surface area contributed by atoms with Gasteiger partial charge in [0.05, 0.1) is 5.56 Å². The van der Waals surface area contributed by atoms with Gasteiger partial charge in [-0.2, -0.15) is 0 Å². The van der Waals surface area contributed by atoms with Crippen LogP contribution in [0.5, 0.6) is 0 Å². The summed E-state index contributed by atoms with van der Waals surface area (Å²) in [5.74, 6) is -0.896. The maximum absolute atomic E-state index is 10.4. The van der Waals surface area contributed by atoms with E-state index in [0.717, 1.165) is 5.69 Å². The third kappa shape index (κ3) is 15.2. The largest absolute Gasteiger partial charge is 0.478 e. The van der Waals surface area contributed by atoms with Gasteiger partial charge in [0.15, 0.2) is 0 Å². The minimum atomic E-state index is -0.896. The molecular formula is C22H40NO2P. The first-order valence-corrected chi connectivity index (χ1v) is 11.2. The number of nitrogens with one attached hydrogen (secondary N) is 1. The summed E-state index contributed by atoms with van der Waals surface area (Å²) in [6.45, 7) is 2.29. The molecule has 0 aliphatic rings. The molecular weight excluding hydrogens is 341 g/mol. The maximum Gasteiger partial charge on any atom is 0.335 e. The van der Waals surface area contributed by atoms with Gasteiger partial charge < -0.3 is 10.4 Å². The van der Waals surface area contributed by atoms with Gasteiger partial charge in [-0.15, -0.1) is 9.24 Å². The van der Waals surface area contributed by atoms with Crippen molar-refractivity contribution in [1.82, 2.24) is 0 Å². The summed E-state index contributed by atoms with van der Waals surface area (Å²) in [5.41, 5.74) is 1.22. The lowest BCUT2D eigenvalue weighted by atomic mass is 10.1. The Kier molecular flexibility index (Phi) is 17.9. The van der Waals surface area contributed by atoms with Gasteiger partial charge in [0.1, 0.15) is 0 Å². The third-order valence-electron chi connectivity index (χ3n) is 4.48. The Morgan fingerprint density at radius 3 is 1.62 bits per heavy atom. The zero-order chi connectivity index (χ0) is 19.5. The van der Waals surface area contributed by atoms with Gasteiger partial charge in [0.25, 0.3) is 0 Å². The number of carbonyl (C=O) groups is 1. The van der Waals surface area contributed by atoms with Gasteiger partial charge in [-0.05, 0) is 36.8 Å². The predicted molar refractivity (Wildman–Crippen MR) is 119 cm³/mol. The summed E-state index contributed by atoms with van der Waals surface area (Å²) in [7, 11) is 4.60. The summed E-state index contributed by atoms with van der Waals surface area (Å²) < 4.78 is 0. The minimum absolute atomic E-state index is 0.309. The first-order chi connectivity index (χ1) is 12.7. The molecule has 0 bridgehead atoms. The second-order valence-corrected chi connectivity index (χ2v) is 7.39. The van der Waals surface area contributed by atoms with Gasteiger partial charge in [-0.25, -0.2) is 4.79 Å². The Hall–Kier alpha value is -1.08. The van der Waals surface area contributed by atoms with E-state index in [-0.39, 0.29) is 0 Å². The molecule has 0 radical (unpaired) electrons. The molecule has 1 unspecified atom stereocenters. The number of hydrogen-bond donors (Lipinski definition) is 2. The van der Waals surface area contributed by atoms with Crippen LogP contribution in [-0.4, -0.2) is 24.3 Å². The molecule has 3 nitrogen and oxygen atoms in total. The molecule has 0 amide bonds. The standard InChI is InChI=1S/C14H31P.C8H9NO2/c1-2-3-4-5-6-7-8-9-10-11-12-13-14-15;1-9-7-4-2-6(3-5-7)8(10)11/h2-15H2,1H3;2-5,9H,1H3,(H,10,11). The zero-order valence-corrected chi connectivity index (χ0v) is 18.1. The van der Waals surface area contributed by atoms with Crippen molar-refractivity contribution in [3.05, 3.63) is 29.8 Å². The van der Waals surface area contributed by atoms with Gasteiger partial charge in [0, 0.05) is 12.7 Å². The van der Waals surface area contributed by atoms with E-state index in [1.807, 2.05) is 0 Å². The fraction of sp³-hybridized carbons (Fsp3) is 0.682. The van der Waals surface area contributed by atoms with Crippen LogP contribution in [0.25, 0.3) is 0 Å². The van der Waals surface area contributed by atoms with E-state index in [4.69, 9.17) is 5.11 Å². The van der Waals surface area contributed by atoms with E-state index in [1.165, 1.54) is 83.2 Å². The van der Waals surface area contributed by atoms with Crippen LogP contribution in [0.4, 0.5) is 5.69 Å². The highest BCUT2D eigenvalue weighted by atomic mass is 31.0. The van der Waals surface area contributed by atoms with Crippen LogP contribution < -0.4 is 5.32 Å². The molecule has 0 aliphatic heterocycles. The Labute approximate surface area is 163 Å². The highest BCUT2D eigenvalue weighted by molar-refractivity contribution is 7.16. The van der Waals surface area contributed by atoms with Gasteiger partial charge in [0.2, 0.25) is 0 Å². The van der Waals surface area contributed by atoms with Crippen molar-refractivity contribution in [1.29, 1.82) is 0 Å². The maximum atomic E-state index is 10.4. The highest BCUT2D eigenvalue weighted by Gasteiger charge is 1.99. The number of anilines is 1. The van der Waals surface area contributed by atoms with Crippen molar-refractivity contribution in [3.63, 3.8) is 0 Å². The number of unbranched alkanes of at least 4 members (excludes halogenated alkanes) is 11. The lowest BCUT2D eigenvalue weighted by molar-refractivity contribution is 0.0697. The molecule has 0 aromatic heterocycles. The van der Waals surface area contributed by atoms with Crippen LogP contribution in [0.3, 0.4) is 0 Å². The molecule has 0 fully saturated rings. The summed E-state index contributed by atoms with van der Waals surface area (Å²) in [4.78, 5) is 10.4. The van der Waals surface area contributed by atoms with Crippen molar-refractivity contribution < 1.29 is 9.90 Å². The Morgan fingerprint density at radius 1 is 0.846 bits per heavy atom. The Balaban J connectivity index is 0.000000502. The molecule has 1 atom stereocenters. The normalized spacial score (nSPS) is 10.1. The topological polar surface area (TPSA) is 49.3 Å². The molecule has 150 valence electrons. The number of hydrogen-bond acceptors (Lipinski definition) is 2. The average molecular weight is 382 g/mol. The van der Waals surface area contributed by atoms with Crippen molar-refractivity contribution in [2.24, 2.45) is 0 Å². The van der Waals surface area contributed by atoms with Crippen LogP contribution in [-0.2, 0) is 0 Å². The zero-order valence-electron chi connectivity index (χ0n) is 16.9. The number of rotatable bonds is 14.